The van der Waals surface area contributed by atoms with Gasteiger partial charge in [0.15, 0.2) is 0 Å². The molecular formula is C5H8B. The van der Waals surface area contributed by atoms with Crippen molar-refractivity contribution in [1.29, 1.82) is 0 Å². The summed E-state index contributed by atoms with van der Waals surface area (Å²) in [6.45, 7) is 3.80. The van der Waals surface area contributed by atoms with E-state index >= 15 is 0 Å². The third kappa shape index (κ3) is 3.67. The van der Waals surface area contributed by atoms with Gasteiger partial charge in [-0.3, -0.25) is 0 Å². The van der Waals surface area contributed by atoms with Gasteiger partial charge in [0.1, 0.15) is 0 Å². The van der Waals surface area contributed by atoms with Crippen molar-refractivity contribution in [2.75, 3.05) is 0 Å². The summed E-state index contributed by atoms with van der Waals surface area (Å²) in [5, 5.41) is 0. The summed E-state index contributed by atoms with van der Waals surface area (Å²) in [7, 11) is 5.23. The van der Waals surface area contributed by atoms with Crippen LogP contribution in [0.3, 0.4) is 0 Å². The molecule has 0 saturated heterocycles. The normalized spacial score (nSPS) is 9.50. The molecule has 6 heavy (non-hydrogen) atoms. The molecule has 0 spiro atoms. The molecule has 0 nitrogen and oxygen atoms in total. The van der Waals surface area contributed by atoms with E-state index in [0.717, 1.165) is 5.46 Å². The first-order chi connectivity index (χ1) is 2.77. The van der Waals surface area contributed by atoms with Crippen LogP contribution in [0.4, 0.5) is 0 Å². The molecule has 1 radical (unpaired) electrons. The molecule has 0 fully saturated rings. The Morgan fingerprint density at radius 1 is 1.67 bits per heavy atom. The van der Waals surface area contributed by atoms with Gasteiger partial charge >= 0.3 is 39.0 Å². The average molecular weight is 78.9 g/mol. The molecule has 0 bridgehead atoms. The molecule has 0 heterocycles. The van der Waals surface area contributed by atoms with Crippen molar-refractivity contribution in [1.82, 2.24) is 0 Å². The Morgan fingerprint density at radius 3 is 2.17 bits per heavy atom. The molecule has 0 unspecified atom stereocenters. The van der Waals surface area contributed by atoms with E-state index in [0.29, 0.717) is 0 Å². The molecule has 0 N–H and O–H groups in total. The molecule has 31 valence electrons. The third-order valence-electron chi connectivity index (χ3n) is 0.430. The SMILES string of the molecule is [B]=C(C)/C=C\C. The van der Waals surface area contributed by atoms with Crippen molar-refractivity contribution in [2.45, 2.75) is 13.8 Å². The molecule has 0 aliphatic heterocycles. The van der Waals surface area contributed by atoms with Gasteiger partial charge in [-0.2, -0.15) is 0 Å². The monoisotopic (exact) mass is 79.1 g/mol. The topological polar surface area (TPSA) is 0 Å². The molecule has 0 aromatic heterocycles. The molecule has 0 atom stereocenters. The number of hydrogen-bond acceptors (Lipinski definition) is 0. The van der Waals surface area contributed by atoms with Crippen LogP contribution in [0.5, 0.6) is 0 Å². The van der Waals surface area contributed by atoms with Crippen LogP contribution in [0, 0.1) is 0 Å². The Hall–Kier alpha value is -0.325. The summed E-state index contributed by atoms with van der Waals surface area (Å²) in [4.78, 5) is 0. The van der Waals surface area contributed by atoms with Gasteiger partial charge in [0.2, 0.25) is 0 Å². The summed E-state index contributed by atoms with van der Waals surface area (Å²) < 4.78 is 0. The number of allylic oxidation sites excluding steroid dienone is 2. The fourth-order valence-electron chi connectivity index (χ4n) is 0.263. The number of rotatable bonds is 1. The molecule has 0 aliphatic carbocycles. The van der Waals surface area contributed by atoms with Gasteiger partial charge in [-0.05, 0) is 0 Å². The van der Waals surface area contributed by atoms with Gasteiger partial charge in [-0.15, -0.1) is 0 Å². The maximum absolute atomic E-state index is 5.23. The summed E-state index contributed by atoms with van der Waals surface area (Å²) in [6.07, 6.45) is 3.77. The molecule has 0 amide bonds. The van der Waals surface area contributed by atoms with Crippen molar-refractivity contribution in [3.63, 3.8) is 0 Å². The van der Waals surface area contributed by atoms with Crippen molar-refractivity contribution in [3.8, 4) is 0 Å². The first kappa shape index (κ1) is 5.67. The van der Waals surface area contributed by atoms with Gasteiger partial charge in [0.05, 0.1) is 0 Å². The van der Waals surface area contributed by atoms with Crippen LogP contribution in [-0.2, 0) is 0 Å². The van der Waals surface area contributed by atoms with E-state index in [2.05, 4.69) is 0 Å². The maximum atomic E-state index is 5.23. The summed E-state index contributed by atoms with van der Waals surface area (Å²) in [5.41, 5.74) is 0.859. The first-order valence-electron chi connectivity index (χ1n) is 1.99. The Kier molecular flexibility index (Phi) is 2.73. The van der Waals surface area contributed by atoms with Crippen LogP contribution in [0.15, 0.2) is 12.2 Å². The van der Waals surface area contributed by atoms with Crippen LogP contribution in [-0.4, -0.2) is 13.0 Å². The minimum atomic E-state index is 0.859. The first-order valence-corrected chi connectivity index (χ1v) is 1.99. The van der Waals surface area contributed by atoms with Gasteiger partial charge in [0, 0.05) is 0 Å². The van der Waals surface area contributed by atoms with Crippen LogP contribution in [0.25, 0.3) is 0 Å². The standard InChI is InChI=1S/C5H8B/c1-3-4-5(2)6/h3-4H,1-2H3/b4-3-. The quantitative estimate of drug-likeness (QED) is 0.410. The molecule has 0 aromatic rings. The Balaban J connectivity index is 3.30. The van der Waals surface area contributed by atoms with E-state index in [9.17, 15) is 0 Å². The third-order valence-corrected chi connectivity index (χ3v) is 0.430. The number of hydrogen-bond donors (Lipinski definition) is 0. The molecule has 0 aliphatic rings. The van der Waals surface area contributed by atoms with Crippen molar-refractivity contribution in [2.24, 2.45) is 0 Å². The second-order valence-corrected chi connectivity index (χ2v) is 1.24. The Bertz CT molecular complexity index is 72.0. The fraction of sp³-hybridized carbons (Fsp3) is 0.400. The zero-order valence-corrected chi connectivity index (χ0v) is 4.23. The second-order valence-electron chi connectivity index (χ2n) is 1.24. The van der Waals surface area contributed by atoms with Crippen molar-refractivity contribution in [3.05, 3.63) is 12.2 Å². The van der Waals surface area contributed by atoms with Gasteiger partial charge in [-0.25, -0.2) is 0 Å². The van der Waals surface area contributed by atoms with Crippen LogP contribution < -0.4 is 0 Å². The predicted molar refractivity (Wildman–Crippen MR) is 31.2 cm³/mol. The average Bonchev–Trinajstić information content (AvgIpc) is 1.35. The summed E-state index contributed by atoms with van der Waals surface area (Å²) in [6, 6.07) is 0. The molecule has 0 rings (SSSR count). The van der Waals surface area contributed by atoms with Gasteiger partial charge in [-0.1, -0.05) is 0 Å². The Labute approximate surface area is 39.9 Å². The molecule has 0 aromatic carbocycles. The van der Waals surface area contributed by atoms with E-state index in [1.165, 1.54) is 0 Å². The van der Waals surface area contributed by atoms with Crippen LogP contribution in [0.2, 0.25) is 0 Å². The summed E-state index contributed by atoms with van der Waals surface area (Å²) in [5.74, 6) is 0. The van der Waals surface area contributed by atoms with Crippen molar-refractivity contribution >= 4 is 13.0 Å². The zero-order valence-electron chi connectivity index (χ0n) is 4.23. The van der Waals surface area contributed by atoms with Crippen molar-refractivity contribution < 1.29 is 0 Å². The summed E-state index contributed by atoms with van der Waals surface area (Å²) >= 11 is 0. The Morgan fingerprint density at radius 2 is 2.17 bits per heavy atom. The fourth-order valence-corrected chi connectivity index (χ4v) is 0.263. The van der Waals surface area contributed by atoms with Gasteiger partial charge in [0.25, 0.3) is 0 Å². The van der Waals surface area contributed by atoms with Crippen LogP contribution >= 0.6 is 0 Å². The van der Waals surface area contributed by atoms with E-state index in [4.69, 9.17) is 7.49 Å². The van der Waals surface area contributed by atoms with E-state index in [1.54, 1.807) is 0 Å². The molecule has 0 saturated carbocycles. The van der Waals surface area contributed by atoms with E-state index in [1.807, 2.05) is 26.0 Å². The molecule has 1 heteroatoms. The van der Waals surface area contributed by atoms with Crippen LogP contribution in [0.1, 0.15) is 13.8 Å². The zero-order chi connectivity index (χ0) is 4.99. The predicted octanol–water partition coefficient (Wildman–Crippen LogP) is 0.923. The van der Waals surface area contributed by atoms with Gasteiger partial charge < -0.3 is 0 Å². The molecular weight excluding hydrogens is 70.9 g/mol. The van der Waals surface area contributed by atoms with E-state index < -0.39 is 0 Å². The minimum absolute atomic E-state index is 0.859. The van der Waals surface area contributed by atoms with E-state index in [-0.39, 0.29) is 0 Å². The second kappa shape index (κ2) is 2.89.